The first kappa shape index (κ1) is 23.4. The number of nitrogens with zero attached hydrogens (tertiary/aromatic N) is 2. The lowest BCUT2D eigenvalue weighted by molar-refractivity contribution is -0.122. The predicted molar refractivity (Wildman–Crippen MR) is 123 cm³/mol. The monoisotopic (exact) mass is 506 g/mol. The first-order valence-electron chi connectivity index (χ1n) is 9.81. The Hall–Kier alpha value is -2.78. The van der Waals surface area contributed by atoms with Crippen molar-refractivity contribution < 1.29 is 22.4 Å². The Morgan fingerprint density at radius 2 is 1.64 bits per heavy atom. The summed E-state index contributed by atoms with van der Waals surface area (Å²) in [5, 5.41) is 0.0552. The molecule has 33 heavy (non-hydrogen) atoms. The second-order valence-electron chi connectivity index (χ2n) is 7.37. The predicted octanol–water partition coefficient (Wildman–Crippen LogP) is 4.66. The second kappa shape index (κ2) is 9.23. The smallest absolute Gasteiger partial charge is 0.252 e. The molecule has 0 bridgehead atoms. The lowest BCUT2D eigenvalue weighted by Crippen LogP contribution is -2.45. The topological polar surface area (TPSA) is 74.8 Å². The van der Waals surface area contributed by atoms with Crippen molar-refractivity contribution in [2.45, 2.75) is 23.9 Å². The van der Waals surface area contributed by atoms with E-state index in [1.807, 2.05) is 0 Å². The Balaban J connectivity index is 1.79. The lowest BCUT2D eigenvalue weighted by Gasteiger charge is -2.27. The van der Waals surface area contributed by atoms with Crippen LogP contribution in [0.1, 0.15) is 12.0 Å². The van der Waals surface area contributed by atoms with Crippen molar-refractivity contribution in [3.8, 4) is 0 Å². The van der Waals surface area contributed by atoms with Gasteiger partial charge in [0.1, 0.15) is 16.8 Å². The molecular weight excluding hydrogens is 490 g/mol. The number of halogens is 3. The van der Waals surface area contributed by atoms with Crippen molar-refractivity contribution in [2.75, 3.05) is 4.90 Å². The van der Waals surface area contributed by atoms with Crippen molar-refractivity contribution in [2.24, 2.45) is 0 Å². The molecule has 1 aliphatic heterocycles. The Bertz CT molecular complexity index is 1320. The number of carbonyl (C=O) groups excluding carboxylic acids is 2. The SMILES string of the molecule is O=C1CC(N(Cc2ccc(F)cc2)S(=O)(=O)c2cc(Cl)ccc2Cl)C(=O)N1c1ccccc1. The van der Waals surface area contributed by atoms with E-state index >= 15 is 0 Å². The van der Waals surface area contributed by atoms with E-state index in [0.29, 0.717) is 11.3 Å². The highest BCUT2D eigenvalue weighted by atomic mass is 35.5. The maximum atomic E-state index is 13.7. The van der Waals surface area contributed by atoms with Crippen molar-refractivity contribution in [1.82, 2.24) is 4.31 Å². The number of imide groups is 1. The number of anilines is 1. The quantitative estimate of drug-likeness (QED) is 0.455. The fourth-order valence-corrected chi connectivity index (χ4v) is 5.93. The van der Waals surface area contributed by atoms with Gasteiger partial charge in [-0.05, 0) is 48.0 Å². The van der Waals surface area contributed by atoms with Gasteiger partial charge in [0.15, 0.2) is 0 Å². The summed E-state index contributed by atoms with van der Waals surface area (Å²) in [5.41, 5.74) is 0.770. The van der Waals surface area contributed by atoms with Gasteiger partial charge in [-0.3, -0.25) is 9.59 Å². The molecule has 10 heteroatoms. The van der Waals surface area contributed by atoms with E-state index in [9.17, 15) is 22.4 Å². The van der Waals surface area contributed by atoms with Gasteiger partial charge in [0.25, 0.3) is 5.91 Å². The van der Waals surface area contributed by atoms with E-state index in [0.717, 1.165) is 9.21 Å². The van der Waals surface area contributed by atoms with E-state index in [2.05, 4.69) is 0 Å². The molecule has 3 aromatic rings. The summed E-state index contributed by atoms with van der Waals surface area (Å²) in [4.78, 5) is 26.8. The zero-order valence-corrected chi connectivity index (χ0v) is 19.3. The van der Waals surface area contributed by atoms with Crippen LogP contribution >= 0.6 is 23.2 Å². The molecule has 1 heterocycles. The van der Waals surface area contributed by atoms with Crippen LogP contribution in [0.15, 0.2) is 77.7 Å². The Morgan fingerprint density at radius 3 is 2.30 bits per heavy atom. The largest absolute Gasteiger partial charge is 0.274 e. The van der Waals surface area contributed by atoms with Gasteiger partial charge in [-0.2, -0.15) is 4.31 Å². The molecule has 1 unspecified atom stereocenters. The van der Waals surface area contributed by atoms with Crippen molar-refractivity contribution in [3.63, 3.8) is 0 Å². The molecule has 2 amide bonds. The first-order valence-corrected chi connectivity index (χ1v) is 12.0. The van der Waals surface area contributed by atoms with Crippen LogP contribution < -0.4 is 4.90 Å². The molecule has 0 spiro atoms. The van der Waals surface area contributed by atoms with Crippen molar-refractivity contribution in [1.29, 1.82) is 0 Å². The molecular formula is C23H17Cl2FN2O4S. The molecule has 170 valence electrons. The third-order valence-electron chi connectivity index (χ3n) is 5.22. The van der Waals surface area contributed by atoms with Crippen LogP contribution in [0.2, 0.25) is 10.0 Å². The fourth-order valence-electron chi connectivity index (χ4n) is 3.62. The van der Waals surface area contributed by atoms with Crippen LogP contribution in [0.25, 0.3) is 0 Å². The van der Waals surface area contributed by atoms with Gasteiger partial charge in [0.2, 0.25) is 15.9 Å². The number of rotatable bonds is 6. The number of benzene rings is 3. The summed E-state index contributed by atoms with van der Waals surface area (Å²) in [6.45, 7) is -0.280. The highest BCUT2D eigenvalue weighted by Gasteiger charge is 2.47. The minimum atomic E-state index is -4.38. The van der Waals surface area contributed by atoms with Crippen LogP contribution in [-0.2, 0) is 26.2 Å². The highest BCUT2D eigenvalue weighted by molar-refractivity contribution is 7.89. The summed E-state index contributed by atoms with van der Waals surface area (Å²) in [6, 6.07) is 16.1. The number of sulfonamides is 1. The zero-order chi connectivity index (χ0) is 23.8. The summed E-state index contributed by atoms with van der Waals surface area (Å²) in [6.07, 6.45) is -0.355. The van der Waals surface area contributed by atoms with Gasteiger partial charge in [-0.1, -0.05) is 53.5 Å². The van der Waals surface area contributed by atoms with Crippen LogP contribution in [0.3, 0.4) is 0 Å². The Kier molecular flexibility index (Phi) is 6.54. The van der Waals surface area contributed by atoms with Gasteiger partial charge >= 0.3 is 0 Å². The third kappa shape index (κ3) is 4.65. The average molecular weight is 507 g/mol. The van der Waals surface area contributed by atoms with Gasteiger partial charge in [0.05, 0.1) is 17.1 Å². The van der Waals surface area contributed by atoms with Crippen molar-refractivity contribution >= 4 is 50.7 Å². The zero-order valence-electron chi connectivity index (χ0n) is 17.0. The molecule has 4 rings (SSSR count). The van der Waals surface area contributed by atoms with E-state index in [1.54, 1.807) is 30.3 Å². The number of amides is 2. The van der Waals surface area contributed by atoms with Gasteiger partial charge < -0.3 is 0 Å². The number of hydrogen-bond donors (Lipinski definition) is 0. The molecule has 0 saturated carbocycles. The molecule has 3 aromatic carbocycles. The van der Waals surface area contributed by atoms with E-state index in [1.165, 1.54) is 42.5 Å². The van der Waals surface area contributed by atoms with Crippen LogP contribution in [-0.4, -0.2) is 30.6 Å². The number of carbonyl (C=O) groups is 2. The van der Waals surface area contributed by atoms with E-state index < -0.39 is 33.7 Å². The average Bonchev–Trinajstić information content (AvgIpc) is 3.08. The normalized spacial score (nSPS) is 16.6. The number of hydrogen-bond acceptors (Lipinski definition) is 4. The van der Waals surface area contributed by atoms with Gasteiger partial charge in [0, 0.05) is 11.6 Å². The molecule has 0 aliphatic carbocycles. The van der Waals surface area contributed by atoms with Crippen LogP contribution in [0, 0.1) is 5.82 Å². The maximum Gasteiger partial charge on any atom is 0.252 e. The van der Waals surface area contributed by atoms with Crippen LogP contribution in [0.4, 0.5) is 10.1 Å². The Morgan fingerprint density at radius 1 is 0.970 bits per heavy atom. The molecule has 1 fully saturated rings. The summed E-state index contributed by atoms with van der Waals surface area (Å²) < 4.78 is 41.7. The van der Waals surface area contributed by atoms with E-state index in [4.69, 9.17) is 23.2 Å². The minimum Gasteiger partial charge on any atom is -0.274 e. The third-order valence-corrected chi connectivity index (χ3v) is 7.79. The standard InChI is InChI=1S/C23H17Cl2FN2O4S/c24-16-8-11-19(25)21(12-16)33(31,32)27(14-15-6-9-17(26)10-7-15)20-13-22(29)28(23(20)30)18-4-2-1-3-5-18/h1-12,20H,13-14H2. The molecule has 1 aliphatic rings. The number of para-hydroxylation sites is 1. The van der Waals surface area contributed by atoms with Gasteiger partial charge in [-0.25, -0.2) is 17.7 Å². The summed E-state index contributed by atoms with van der Waals surface area (Å²) in [7, 11) is -4.38. The molecule has 0 radical (unpaired) electrons. The molecule has 0 N–H and O–H groups in total. The molecule has 1 atom stereocenters. The highest BCUT2D eigenvalue weighted by Crippen LogP contribution is 2.34. The Labute approximate surface area is 200 Å². The van der Waals surface area contributed by atoms with Crippen molar-refractivity contribution in [3.05, 3.63) is 94.2 Å². The molecule has 1 saturated heterocycles. The molecule has 6 nitrogen and oxygen atoms in total. The van der Waals surface area contributed by atoms with Crippen LogP contribution in [0.5, 0.6) is 0 Å². The fraction of sp³-hybridized carbons (Fsp3) is 0.130. The second-order valence-corrected chi connectivity index (χ2v) is 10.1. The lowest BCUT2D eigenvalue weighted by atomic mass is 10.2. The summed E-state index contributed by atoms with van der Waals surface area (Å²) in [5.74, 6) is -1.71. The summed E-state index contributed by atoms with van der Waals surface area (Å²) >= 11 is 12.2. The van der Waals surface area contributed by atoms with E-state index in [-0.39, 0.29) is 27.9 Å². The maximum absolute atomic E-state index is 13.7. The minimum absolute atomic E-state index is 0.0832. The molecule has 0 aromatic heterocycles. The first-order chi connectivity index (χ1) is 15.7. The van der Waals surface area contributed by atoms with Gasteiger partial charge in [-0.15, -0.1) is 0 Å².